The Bertz CT molecular complexity index is 562. The number of urea groups is 1. The summed E-state index contributed by atoms with van der Waals surface area (Å²) in [6, 6.07) is 1.53. The summed E-state index contributed by atoms with van der Waals surface area (Å²) >= 11 is 0. The Morgan fingerprint density at radius 3 is 2.79 bits per heavy atom. The molecule has 0 aromatic carbocycles. The Kier molecular flexibility index (Phi) is 3.79. The number of hydrogen-bond donors (Lipinski definition) is 1. The molecule has 0 saturated heterocycles. The molecule has 0 aliphatic carbocycles. The molecular formula is C11H15N5O3. The number of aromatic nitrogens is 3. The third-order valence-electron chi connectivity index (χ3n) is 2.38. The van der Waals surface area contributed by atoms with E-state index in [4.69, 9.17) is 8.94 Å². The molecular weight excluding hydrogens is 250 g/mol. The van der Waals surface area contributed by atoms with E-state index in [0.29, 0.717) is 29.8 Å². The van der Waals surface area contributed by atoms with E-state index >= 15 is 0 Å². The second kappa shape index (κ2) is 5.51. The van der Waals surface area contributed by atoms with Gasteiger partial charge in [0.15, 0.2) is 0 Å². The zero-order valence-corrected chi connectivity index (χ0v) is 11.0. The van der Waals surface area contributed by atoms with Gasteiger partial charge in [0.1, 0.15) is 11.5 Å². The fourth-order valence-corrected chi connectivity index (χ4v) is 1.50. The van der Waals surface area contributed by atoms with Crippen molar-refractivity contribution >= 4 is 6.03 Å². The second-order valence-electron chi connectivity index (χ2n) is 4.16. The Morgan fingerprint density at radius 1 is 1.42 bits per heavy atom. The summed E-state index contributed by atoms with van der Waals surface area (Å²) in [6.07, 6.45) is 0. The molecule has 19 heavy (non-hydrogen) atoms. The predicted molar refractivity (Wildman–Crippen MR) is 64.0 cm³/mol. The molecule has 2 aromatic rings. The van der Waals surface area contributed by atoms with Crippen LogP contribution in [0.2, 0.25) is 0 Å². The van der Waals surface area contributed by atoms with Crippen LogP contribution in [0.3, 0.4) is 0 Å². The number of nitrogens with one attached hydrogen (secondary N) is 1. The van der Waals surface area contributed by atoms with Crippen LogP contribution in [0.25, 0.3) is 0 Å². The monoisotopic (exact) mass is 265 g/mol. The summed E-state index contributed by atoms with van der Waals surface area (Å²) < 4.78 is 10.1. The maximum Gasteiger partial charge on any atom is 0.317 e. The first-order valence-corrected chi connectivity index (χ1v) is 5.74. The molecule has 2 amide bonds. The van der Waals surface area contributed by atoms with Crippen LogP contribution in [0.5, 0.6) is 0 Å². The van der Waals surface area contributed by atoms with E-state index < -0.39 is 0 Å². The van der Waals surface area contributed by atoms with E-state index in [9.17, 15) is 4.79 Å². The van der Waals surface area contributed by atoms with Crippen molar-refractivity contribution in [3.05, 3.63) is 29.3 Å². The van der Waals surface area contributed by atoms with E-state index in [1.165, 1.54) is 4.90 Å². The van der Waals surface area contributed by atoms with Crippen LogP contribution in [0.4, 0.5) is 4.79 Å². The lowest BCUT2D eigenvalue weighted by molar-refractivity contribution is 0.204. The quantitative estimate of drug-likeness (QED) is 0.886. The summed E-state index contributed by atoms with van der Waals surface area (Å²) in [5, 5.41) is 14.0. The van der Waals surface area contributed by atoms with Crippen molar-refractivity contribution in [2.75, 3.05) is 7.05 Å². The van der Waals surface area contributed by atoms with Gasteiger partial charge < -0.3 is 19.2 Å². The van der Waals surface area contributed by atoms with Gasteiger partial charge in [-0.25, -0.2) is 4.79 Å². The first-order chi connectivity index (χ1) is 9.04. The van der Waals surface area contributed by atoms with Gasteiger partial charge in [-0.3, -0.25) is 0 Å². The molecule has 0 aliphatic rings. The molecule has 1 N–H and O–H groups in total. The molecule has 0 atom stereocenters. The van der Waals surface area contributed by atoms with Crippen LogP contribution in [-0.2, 0) is 13.1 Å². The summed E-state index contributed by atoms with van der Waals surface area (Å²) in [6.45, 7) is 4.06. The highest BCUT2D eigenvalue weighted by atomic mass is 16.5. The molecule has 8 heteroatoms. The minimum atomic E-state index is -0.253. The summed E-state index contributed by atoms with van der Waals surface area (Å²) in [7, 11) is 1.67. The Morgan fingerprint density at radius 2 is 2.21 bits per heavy atom. The summed E-state index contributed by atoms with van der Waals surface area (Å²) in [5.74, 6) is 1.55. The van der Waals surface area contributed by atoms with Crippen LogP contribution in [0.1, 0.15) is 23.2 Å². The number of amides is 2. The topological polar surface area (TPSA) is 97.3 Å². The smallest absolute Gasteiger partial charge is 0.317 e. The largest absolute Gasteiger partial charge is 0.424 e. The van der Waals surface area contributed by atoms with Crippen molar-refractivity contribution in [2.24, 2.45) is 0 Å². The van der Waals surface area contributed by atoms with Crippen LogP contribution >= 0.6 is 0 Å². The molecule has 0 unspecified atom stereocenters. The van der Waals surface area contributed by atoms with E-state index in [-0.39, 0.29) is 12.6 Å². The van der Waals surface area contributed by atoms with Crippen molar-refractivity contribution < 1.29 is 13.7 Å². The standard InChI is InChI=1S/C11H15N5O3/c1-7-4-9(15-19-7)6-16(3)11(17)12-5-10-14-13-8(2)18-10/h4H,5-6H2,1-3H3,(H,12,17). The minimum Gasteiger partial charge on any atom is -0.424 e. The van der Waals surface area contributed by atoms with Crippen molar-refractivity contribution in [1.82, 2.24) is 25.6 Å². The molecule has 0 spiro atoms. The molecule has 0 saturated carbocycles. The van der Waals surface area contributed by atoms with Crippen molar-refractivity contribution in [3.8, 4) is 0 Å². The van der Waals surface area contributed by atoms with Gasteiger partial charge in [-0.15, -0.1) is 10.2 Å². The van der Waals surface area contributed by atoms with Gasteiger partial charge in [0.05, 0.1) is 13.1 Å². The first-order valence-electron chi connectivity index (χ1n) is 5.74. The number of hydrogen-bond acceptors (Lipinski definition) is 6. The number of rotatable bonds is 4. The minimum absolute atomic E-state index is 0.196. The van der Waals surface area contributed by atoms with Crippen molar-refractivity contribution in [3.63, 3.8) is 0 Å². The molecule has 0 aliphatic heterocycles. The lowest BCUT2D eigenvalue weighted by Gasteiger charge is -2.15. The van der Waals surface area contributed by atoms with Gasteiger partial charge in [0, 0.05) is 20.0 Å². The molecule has 2 rings (SSSR count). The highest BCUT2D eigenvalue weighted by molar-refractivity contribution is 5.73. The third kappa shape index (κ3) is 3.54. The molecule has 102 valence electrons. The van der Waals surface area contributed by atoms with Gasteiger partial charge in [-0.1, -0.05) is 5.16 Å². The third-order valence-corrected chi connectivity index (χ3v) is 2.38. The van der Waals surface area contributed by atoms with E-state index in [2.05, 4.69) is 20.7 Å². The highest BCUT2D eigenvalue weighted by Crippen LogP contribution is 2.04. The second-order valence-corrected chi connectivity index (χ2v) is 4.16. The number of nitrogens with zero attached hydrogens (tertiary/aromatic N) is 4. The molecule has 8 nitrogen and oxygen atoms in total. The molecule has 2 heterocycles. The maximum atomic E-state index is 11.8. The zero-order valence-electron chi connectivity index (χ0n) is 11.0. The number of carbonyl (C=O) groups excluding carboxylic acids is 1. The number of aryl methyl sites for hydroxylation is 2. The average Bonchev–Trinajstić information content (AvgIpc) is 2.95. The van der Waals surface area contributed by atoms with Crippen molar-refractivity contribution in [1.29, 1.82) is 0 Å². The molecule has 0 radical (unpaired) electrons. The Balaban J connectivity index is 1.82. The van der Waals surface area contributed by atoms with E-state index in [1.54, 1.807) is 27.0 Å². The lowest BCUT2D eigenvalue weighted by Crippen LogP contribution is -2.36. The number of carbonyl (C=O) groups is 1. The van der Waals surface area contributed by atoms with E-state index in [0.717, 1.165) is 0 Å². The fourth-order valence-electron chi connectivity index (χ4n) is 1.50. The average molecular weight is 265 g/mol. The summed E-state index contributed by atoms with van der Waals surface area (Å²) in [4.78, 5) is 13.3. The van der Waals surface area contributed by atoms with Gasteiger partial charge in [-0.2, -0.15) is 0 Å². The fraction of sp³-hybridized carbons (Fsp3) is 0.455. The molecule has 0 bridgehead atoms. The lowest BCUT2D eigenvalue weighted by atomic mass is 10.3. The zero-order chi connectivity index (χ0) is 13.8. The Hall–Kier alpha value is -2.38. The Labute approximate surface area is 109 Å². The van der Waals surface area contributed by atoms with Crippen LogP contribution in [-0.4, -0.2) is 33.3 Å². The normalized spacial score (nSPS) is 10.5. The van der Waals surface area contributed by atoms with Gasteiger partial charge in [0.2, 0.25) is 11.8 Å². The van der Waals surface area contributed by atoms with Gasteiger partial charge in [0.25, 0.3) is 0 Å². The van der Waals surface area contributed by atoms with E-state index in [1.807, 2.05) is 0 Å². The van der Waals surface area contributed by atoms with Gasteiger partial charge >= 0.3 is 6.03 Å². The maximum absolute atomic E-state index is 11.8. The van der Waals surface area contributed by atoms with Crippen LogP contribution in [0.15, 0.2) is 15.0 Å². The first kappa shape index (κ1) is 13.1. The predicted octanol–water partition coefficient (Wildman–Crippen LogP) is 1.02. The SMILES string of the molecule is Cc1cc(CN(C)C(=O)NCc2nnc(C)o2)no1. The summed E-state index contributed by atoms with van der Waals surface area (Å²) in [5.41, 5.74) is 0.698. The van der Waals surface area contributed by atoms with Gasteiger partial charge in [-0.05, 0) is 6.92 Å². The molecule has 0 fully saturated rings. The van der Waals surface area contributed by atoms with Crippen LogP contribution < -0.4 is 5.32 Å². The van der Waals surface area contributed by atoms with Crippen molar-refractivity contribution in [2.45, 2.75) is 26.9 Å². The highest BCUT2D eigenvalue weighted by Gasteiger charge is 2.12. The van der Waals surface area contributed by atoms with Crippen LogP contribution in [0, 0.1) is 13.8 Å². The molecule has 2 aromatic heterocycles.